The Morgan fingerprint density at radius 3 is 2.43 bits per heavy atom. The summed E-state index contributed by atoms with van der Waals surface area (Å²) < 4.78 is 5.62. The summed E-state index contributed by atoms with van der Waals surface area (Å²) in [6.45, 7) is 2.64. The van der Waals surface area contributed by atoms with E-state index in [4.69, 9.17) is 14.7 Å². The normalized spacial score (nSPS) is 11.2. The first kappa shape index (κ1) is 21.0. The fourth-order valence-corrected chi connectivity index (χ4v) is 2.96. The number of aliphatic carboxylic acids is 1. The Morgan fingerprint density at radius 1 is 1.00 bits per heavy atom. The van der Waals surface area contributed by atoms with E-state index in [1.165, 1.54) is 0 Å². The van der Waals surface area contributed by atoms with Gasteiger partial charge < -0.3 is 14.7 Å². The van der Waals surface area contributed by atoms with Gasteiger partial charge in [0.15, 0.2) is 6.61 Å². The molecule has 0 saturated heterocycles. The SMILES string of the molecule is CCC(=NOCCOc1cccc(CC(=O)O)c1)c1ccc(-c2ccncc2)cc1. The summed E-state index contributed by atoms with van der Waals surface area (Å²) in [6.07, 6.45) is 4.27. The highest BCUT2D eigenvalue weighted by Gasteiger charge is 2.05. The van der Waals surface area contributed by atoms with Gasteiger partial charge in [-0.3, -0.25) is 9.78 Å². The van der Waals surface area contributed by atoms with E-state index >= 15 is 0 Å². The minimum atomic E-state index is -0.870. The molecule has 0 amide bonds. The van der Waals surface area contributed by atoms with E-state index in [9.17, 15) is 4.79 Å². The molecule has 0 aliphatic carbocycles. The number of hydrogen-bond donors (Lipinski definition) is 1. The molecular weight excluding hydrogens is 380 g/mol. The molecule has 0 atom stereocenters. The van der Waals surface area contributed by atoms with Crippen LogP contribution in [0.1, 0.15) is 24.5 Å². The van der Waals surface area contributed by atoms with Crippen molar-refractivity contribution >= 4 is 11.7 Å². The summed E-state index contributed by atoms with van der Waals surface area (Å²) in [6, 6.07) is 19.2. The second kappa shape index (κ2) is 10.8. The van der Waals surface area contributed by atoms with E-state index in [2.05, 4.69) is 22.3 Å². The molecule has 0 aliphatic rings. The average Bonchev–Trinajstić information content (AvgIpc) is 2.77. The Kier molecular flexibility index (Phi) is 7.55. The fraction of sp³-hybridized carbons (Fsp3) is 0.208. The van der Waals surface area contributed by atoms with Crippen LogP contribution in [-0.2, 0) is 16.1 Å². The molecule has 0 saturated carbocycles. The number of carboxylic acids is 1. The zero-order chi connectivity index (χ0) is 21.2. The molecule has 1 N–H and O–H groups in total. The minimum absolute atomic E-state index is 0.0300. The van der Waals surface area contributed by atoms with E-state index in [0.29, 0.717) is 24.5 Å². The first-order valence-corrected chi connectivity index (χ1v) is 9.79. The highest BCUT2D eigenvalue weighted by Crippen LogP contribution is 2.19. The van der Waals surface area contributed by atoms with Crippen LogP contribution in [0.15, 0.2) is 78.2 Å². The van der Waals surface area contributed by atoms with Gasteiger partial charge in [0, 0.05) is 12.4 Å². The van der Waals surface area contributed by atoms with Crippen molar-refractivity contribution in [3.8, 4) is 16.9 Å². The van der Waals surface area contributed by atoms with E-state index in [-0.39, 0.29) is 6.42 Å². The van der Waals surface area contributed by atoms with Crippen LogP contribution >= 0.6 is 0 Å². The van der Waals surface area contributed by atoms with Crippen molar-refractivity contribution in [3.05, 3.63) is 84.2 Å². The van der Waals surface area contributed by atoms with Crippen LogP contribution in [-0.4, -0.2) is 35.0 Å². The molecule has 0 bridgehead atoms. The number of aromatic nitrogens is 1. The van der Waals surface area contributed by atoms with Crippen molar-refractivity contribution in [2.75, 3.05) is 13.2 Å². The molecule has 6 heteroatoms. The number of pyridine rings is 1. The summed E-state index contributed by atoms with van der Waals surface area (Å²) in [5.41, 5.74) is 4.81. The van der Waals surface area contributed by atoms with Crippen LogP contribution in [0.2, 0.25) is 0 Å². The largest absolute Gasteiger partial charge is 0.490 e. The number of ether oxygens (including phenoxy) is 1. The number of carbonyl (C=O) groups is 1. The van der Waals surface area contributed by atoms with E-state index in [0.717, 1.165) is 28.8 Å². The number of rotatable bonds is 10. The van der Waals surface area contributed by atoms with Gasteiger partial charge in [0.25, 0.3) is 0 Å². The summed E-state index contributed by atoms with van der Waals surface area (Å²) in [7, 11) is 0. The summed E-state index contributed by atoms with van der Waals surface area (Å²) in [4.78, 5) is 20.3. The number of carboxylic acid groups (broad SMARTS) is 1. The van der Waals surface area contributed by atoms with Gasteiger partial charge >= 0.3 is 5.97 Å². The summed E-state index contributed by atoms with van der Waals surface area (Å²) >= 11 is 0. The molecule has 1 aromatic heterocycles. The molecule has 3 aromatic rings. The molecule has 0 unspecified atom stereocenters. The maximum absolute atomic E-state index is 10.8. The Bertz CT molecular complexity index is 986. The predicted molar refractivity (Wildman–Crippen MR) is 116 cm³/mol. The summed E-state index contributed by atoms with van der Waals surface area (Å²) in [5.74, 6) is -0.255. The van der Waals surface area contributed by atoms with Crippen molar-refractivity contribution in [1.82, 2.24) is 4.98 Å². The smallest absolute Gasteiger partial charge is 0.307 e. The molecule has 0 spiro atoms. The van der Waals surface area contributed by atoms with E-state index in [1.54, 1.807) is 36.7 Å². The van der Waals surface area contributed by atoms with E-state index in [1.807, 2.05) is 31.2 Å². The molecular formula is C24H24N2O4. The minimum Gasteiger partial charge on any atom is -0.490 e. The maximum Gasteiger partial charge on any atom is 0.307 e. The van der Waals surface area contributed by atoms with Gasteiger partial charge in [-0.1, -0.05) is 48.5 Å². The van der Waals surface area contributed by atoms with Crippen LogP contribution in [0.4, 0.5) is 0 Å². The van der Waals surface area contributed by atoms with Gasteiger partial charge in [-0.05, 0) is 52.9 Å². The number of benzene rings is 2. The van der Waals surface area contributed by atoms with Gasteiger partial charge in [0.1, 0.15) is 12.4 Å². The average molecular weight is 404 g/mol. The summed E-state index contributed by atoms with van der Waals surface area (Å²) in [5, 5.41) is 13.1. The second-order valence-corrected chi connectivity index (χ2v) is 6.60. The molecule has 3 rings (SSSR count). The van der Waals surface area contributed by atoms with Gasteiger partial charge in [0.05, 0.1) is 12.1 Å². The maximum atomic E-state index is 10.8. The van der Waals surface area contributed by atoms with E-state index < -0.39 is 5.97 Å². The fourth-order valence-electron chi connectivity index (χ4n) is 2.96. The van der Waals surface area contributed by atoms with Crippen molar-refractivity contribution < 1.29 is 19.5 Å². The third-order valence-electron chi connectivity index (χ3n) is 4.44. The van der Waals surface area contributed by atoms with Gasteiger partial charge in [-0.15, -0.1) is 0 Å². The molecule has 6 nitrogen and oxygen atoms in total. The third kappa shape index (κ3) is 6.17. The van der Waals surface area contributed by atoms with Crippen molar-refractivity contribution in [2.24, 2.45) is 5.16 Å². The standard InChI is InChI=1S/C24H24N2O4/c1-2-23(21-8-6-19(7-9-21)20-10-12-25-13-11-20)26-30-15-14-29-22-5-3-4-18(16-22)17-24(27)28/h3-13,16H,2,14-15,17H2,1H3,(H,27,28). The molecule has 1 heterocycles. The third-order valence-corrected chi connectivity index (χ3v) is 4.44. The van der Waals surface area contributed by atoms with Gasteiger partial charge in [-0.2, -0.15) is 0 Å². The molecule has 2 aromatic carbocycles. The van der Waals surface area contributed by atoms with Crippen LogP contribution in [0.5, 0.6) is 5.75 Å². The molecule has 0 fully saturated rings. The highest BCUT2D eigenvalue weighted by atomic mass is 16.6. The lowest BCUT2D eigenvalue weighted by Gasteiger charge is -2.08. The zero-order valence-electron chi connectivity index (χ0n) is 16.8. The molecule has 30 heavy (non-hydrogen) atoms. The first-order chi connectivity index (χ1) is 14.7. The van der Waals surface area contributed by atoms with Crippen molar-refractivity contribution in [2.45, 2.75) is 19.8 Å². The monoisotopic (exact) mass is 404 g/mol. The lowest BCUT2D eigenvalue weighted by molar-refractivity contribution is -0.136. The Balaban J connectivity index is 1.52. The topological polar surface area (TPSA) is 81.0 Å². The Hall–Kier alpha value is -3.67. The first-order valence-electron chi connectivity index (χ1n) is 9.79. The van der Waals surface area contributed by atoms with Crippen LogP contribution < -0.4 is 4.74 Å². The second-order valence-electron chi connectivity index (χ2n) is 6.60. The number of hydrogen-bond acceptors (Lipinski definition) is 5. The van der Waals surface area contributed by atoms with Crippen LogP contribution in [0.3, 0.4) is 0 Å². The predicted octanol–water partition coefficient (Wildman–Crippen LogP) is 4.59. The Morgan fingerprint density at radius 2 is 1.73 bits per heavy atom. The van der Waals surface area contributed by atoms with Crippen LogP contribution in [0.25, 0.3) is 11.1 Å². The highest BCUT2D eigenvalue weighted by molar-refractivity contribution is 6.00. The Labute approximate surface area is 175 Å². The lowest BCUT2D eigenvalue weighted by Crippen LogP contribution is -2.07. The van der Waals surface area contributed by atoms with Crippen LogP contribution in [0, 0.1) is 0 Å². The zero-order valence-corrected chi connectivity index (χ0v) is 16.8. The molecule has 154 valence electrons. The molecule has 0 radical (unpaired) electrons. The molecule has 0 aliphatic heterocycles. The van der Waals surface area contributed by atoms with Crippen molar-refractivity contribution in [3.63, 3.8) is 0 Å². The lowest BCUT2D eigenvalue weighted by atomic mass is 10.0. The quantitative estimate of drug-likeness (QED) is 0.304. The number of nitrogens with zero attached hydrogens (tertiary/aromatic N) is 2. The van der Waals surface area contributed by atoms with Gasteiger partial charge in [-0.25, -0.2) is 0 Å². The van der Waals surface area contributed by atoms with Crippen molar-refractivity contribution in [1.29, 1.82) is 0 Å². The number of oxime groups is 1. The van der Waals surface area contributed by atoms with Gasteiger partial charge in [0.2, 0.25) is 0 Å².